The SMILES string of the molecule is CS(=O)(=O)Nc1c(OC2CC2)ccnc1Cl. The molecule has 0 unspecified atom stereocenters. The molecule has 0 amide bonds. The molecule has 1 aliphatic rings. The summed E-state index contributed by atoms with van der Waals surface area (Å²) in [7, 11) is -3.39. The maximum Gasteiger partial charge on any atom is 0.230 e. The van der Waals surface area contributed by atoms with E-state index in [2.05, 4.69) is 9.71 Å². The van der Waals surface area contributed by atoms with Gasteiger partial charge in [-0.3, -0.25) is 4.72 Å². The summed E-state index contributed by atoms with van der Waals surface area (Å²) in [5.41, 5.74) is 0.207. The van der Waals surface area contributed by atoms with E-state index in [1.165, 1.54) is 6.20 Å². The lowest BCUT2D eigenvalue weighted by Gasteiger charge is -2.12. The smallest absolute Gasteiger partial charge is 0.230 e. The van der Waals surface area contributed by atoms with E-state index < -0.39 is 10.0 Å². The van der Waals surface area contributed by atoms with Gasteiger partial charge in [0.2, 0.25) is 10.0 Å². The van der Waals surface area contributed by atoms with Crippen LogP contribution >= 0.6 is 11.6 Å². The lowest BCUT2D eigenvalue weighted by molar-refractivity contribution is 0.304. The Morgan fingerprint density at radius 1 is 1.56 bits per heavy atom. The van der Waals surface area contributed by atoms with Gasteiger partial charge in [0.1, 0.15) is 11.4 Å². The van der Waals surface area contributed by atoms with Gasteiger partial charge in [-0.05, 0) is 12.8 Å². The molecule has 1 fully saturated rings. The highest BCUT2D eigenvalue weighted by Crippen LogP contribution is 2.35. The molecule has 0 aromatic carbocycles. The second-order valence-corrected chi connectivity index (χ2v) is 5.77. The first-order valence-electron chi connectivity index (χ1n) is 4.74. The van der Waals surface area contributed by atoms with Crippen LogP contribution in [-0.2, 0) is 10.0 Å². The quantitative estimate of drug-likeness (QED) is 0.838. The molecule has 0 radical (unpaired) electrons. The summed E-state index contributed by atoms with van der Waals surface area (Å²) in [6.07, 6.45) is 4.67. The number of pyridine rings is 1. The molecule has 0 saturated heterocycles. The molecule has 0 atom stereocenters. The van der Waals surface area contributed by atoms with E-state index in [1.807, 2.05) is 0 Å². The van der Waals surface area contributed by atoms with Gasteiger partial charge in [0, 0.05) is 12.3 Å². The van der Waals surface area contributed by atoms with Crippen LogP contribution in [0.2, 0.25) is 5.15 Å². The second-order valence-electron chi connectivity index (χ2n) is 3.67. The average Bonchev–Trinajstić information content (AvgIpc) is 2.93. The van der Waals surface area contributed by atoms with E-state index in [0.717, 1.165) is 19.1 Å². The normalized spacial score (nSPS) is 15.9. The average molecular weight is 263 g/mol. The summed E-state index contributed by atoms with van der Waals surface area (Å²) >= 11 is 5.82. The Morgan fingerprint density at radius 3 is 2.81 bits per heavy atom. The number of ether oxygens (including phenoxy) is 1. The van der Waals surface area contributed by atoms with E-state index in [4.69, 9.17) is 16.3 Å². The van der Waals surface area contributed by atoms with Gasteiger partial charge in [0.15, 0.2) is 5.15 Å². The summed E-state index contributed by atoms with van der Waals surface area (Å²) in [6.45, 7) is 0. The molecule has 1 aromatic rings. The molecule has 88 valence electrons. The monoisotopic (exact) mass is 262 g/mol. The topological polar surface area (TPSA) is 68.3 Å². The number of rotatable bonds is 4. The molecular formula is C9H11ClN2O3S. The van der Waals surface area contributed by atoms with Crippen LogP contribution in [0.15, 0.2) is 12.3 Å². The van der Waals surface area contributed by atoms with E-state index in [9.17, 15) is 8.42 Å². The van der Waals surface area contributed by atoms with Crippen molar-refractivity contribution in [2.45, 2.75) is 18.9 Å². The number of nitrogens with zero attached hydrogens (tertiary/aromatic N) is 1. The van der Waals surface area contributed by atoms with Gasteiger partial charge in [-0.1, -0.05) is 11.6 Å². The fourth-order valence-corrected chi connectivity index (χ4v) is 1.98. The first-order chi connectivity index (χ1) is 7.46. The minimum Gasteiger partial charge on any atom is -0.488 e. The first kappa shape index (κ1) is 11.5. The van der Waals surface area contributed by atoms with Gasteiger partial charge in [0.25, 0.3) is 0 Å². The number of hydrogen-bond acceptors (Lipinski definition) is 4. The van der Waals surface area contributed by atoms with Gasteiger partial charge in [-0.2, -0.15) is 0 Å². The minimum atomic E-state index is -3.39. The summed E-state index contributed by atoms with van der Waals surface area (Å²) in [6, 6.07) is 1.59. The van der Waals surface area contributed by atoms with Crippen LogP contribution in [0.1, 0.15) is 12.8 Å². The van der Waals surface area contributed by atoms with Gasteiger partial charge < -0.3 is 4.74 Å². The summed E-state index contributed by atoms with van der Waals surface area (Å²) < 4.78 is 30.1. The Morgan fingerprint density at radius 2 is 2.25 bits per heavy atom. The predicted octanol–water partition coefficient (Wildman–Crippen LogP) is 1.65. The van der Waals surface area contributed by atoms with Gasteiger partial charge >= 0.3 is 0 Å². The Kier molecular flexibility index (Phi) is 2.94. The molecule has 1 saturated carbocycles. The molecular weight excluding hydrogens is 252 g/mol. The third kappa shape index (κ3) is 2.99. The number of sulfonamides is 1. The zero-order valence-electron chi connectivity index (χ0n) is 8.60. The zero-order valence-corrected chi connectivity index (χ0v) is 10.2. The fourth-order valence-electron chi connectivity index (χ4n) is 1.16. The highest BCUT2D eigenvalue weighted by molar-refractivity contribution is 7.92. The summed E-state index contributed by atoms with van der Waals surface area (Å²) in [5, 5.41) is 0.0866. The van der Waals surface area contributed by atoms with Gasteiger partial charge in [-0.25, -0.2) is 13.4 Å². The van der Waals surface area contributed by atoms with E-state index in [-0.39, 0.29) is 16.9 Å². The maximum absolute atomic E-state index is 11.2. The predicted molar refractivity (Wildman–Crippen MR) is 61.4 cm³/mol. The molecule has 0 spiro atoms. The largest absolute Gasteiger partial charge is 0.488 e. The van der Waals surface area contributed by atoms with Crippen LogP contribution in [0.25, 0.3) is 0 Å². The van der Waals surface area contributed by atoms with Crippen molar-refractivity contribution in [1.29, 1.82) is 0 Å². The fraction of sp³-hybridized carbons (Fsp3) is 0.444. The Bertz CT molecular complexity index is 499. The van der Waals surface area contributed by atoms with Crippen molar-refractivity contribution in [3.05, 3.63) is 17.4 Å². The number of halogens is 1. The number of aromatic nitrogens is 1. The minimum absolute atomic E-state index is 0.0866. The molecule has 7 heteroatoms. The van der Waals surface area contributed by atoms with Crippen LogP contribution in [0.4, 0.5) is 5.69 Å². The molecule has 1 N–H and O–H groups in total. The number of hydrogen-bond donors (Lipinski definition) is 1. The van der Waals surface area contributed by atoms with Crippen LogP contribution in [0, 0.1) is 0 Å². The summed E-state index contributed by atoms with van der Waals surface area (Å²) in [4.78, 5) is 3.81. The van der Waals surface area contributed by atoms with E-state index in [1.54, 1.807) is 6.07 Å². The third-order valence-electron chi connectivity index (χ3n) is 1.97. The number of anilines is 1. The van der Waals surface area contributed by atoms with Crippen molar-refractivity contribution in [3.63, 3.8) is 0 Å². The van der Waals surface area contributed by atoms with Crippen molar-refractivity contribution in [1.82, 2.24) is 4.98 Å². The van der Waals surface area contributed by atoms with Crippen molar-refractivity contribution < 1.29 is 13.2 Å². The molecule has 0 bridgehead atoms. The second kappa shape index (κ2) is 4.10. The molecule has 0 aliphatic heterocycles. The van der Waals surface area contributed by atoms with Crippen molar-refractivity contribution in [2.75, 3.05) is 11.0 Å². The Labute approximate surface area is 98.8 Å². The molecule has 2 rings (SSSR count). The van der Waals surface area contributed by atoms with Crippen LogP contribution in [0.3, 0.4) is 0 Å². The van der Waals surface area contributed by atoms with Crippen molar-refractivity contribution in [3.8, 4) is 5.75 Å². The highest BCUT2D eigenvalue weighted by atomic mass is 35.5. The van der Waals surface area contributed by atoms with Crippen molar-refractivity contribution in [2.24, 2.45) is 0 Å². The first-order valence-corrected chi connectivity index (χ1v) is 7.01. The molecule has 1 heterocycles. The van der Waals surface area contributed by atoms with Gasteiger partial charge in [-0.15, -0.1) is 0 Å². The van der Waals surface area contributed by atoms with Crippen molar-refractivity contribution >= 4 is 27.3 Å². The van der Waals surface area contributed by atoms with Crippen LogP contribution in [0.5, 0.6) is 5.75 Å². The molecule has 16 heavy (non-hydrogen) atoms. The lowest BCUT2D eigenvalue weighted by atomic mass is 10.4. The lowest BCUT2D eigenvalue weighted by Crippen LogP contribution is -2.12. The molecule has 1 aromatic heterocycles. The molecule has 5 nitrogen and oxygen atoms in total. The Balaban J connectivity index is 2.31. The standard InChI is InChI=1S/C9H11ClN2O3S/c1-16(13,14)12-8-7(15-6-2-3-6)4-5-11-9(8)10/h4-6,12H,2-3H2,1H3. The van der Waals surface area contributed by atoms with E-state index in [0.29, 0.717) is 5.75 Å². The molecule has 1 aliphatic carbocycles. The summed E-state index contributed by atoms with van der Waals surface area (Å²) in [5.74, 6) is 0.424. The van der Waals surface area contributed by atoms with Crippen LogP contribution in [-0.4, -0.2) is 25.8 Å². The third-order valence-corrected chi connectivity index (χ3v) is 2.83. The number of nitrogens with one attached hydrogen (secondary N) is 1. The zero-order chi connectivity index (χ0) is 11.8. The van der Waals surface area contributed by atoms with E-state index >= 15 is 0 Å². The Hall–Kier alpha value is -1.01. The highest BCUT2D eigenvalue weighted by Gasteiger charge is 2.25. The maximum atomic E-state index is 11.2. The van der Waals surface area contributed by atoms with Gasteiger partial charge in [0.05, 0.1) is 12.4 Å². The van der Waals surface area contributed by atoms with Crippen LogP contribution < -0.4 is 9.46 Å².